The summed E-state index contributed by atoms with van der Waals surface area (Å²) >= 11 is 0. The van der Waals surface area contributed by atoms with Crippen molar-refractivity contribution in [3.8, 4) is 11.3 Å². The fourth-order valence-electron chi connectivity index (χ4n) is 3.74. The monoisotopic (exact) mass is 389 g/mol. The van der Waals surface area contributed by atoms with Gasteiger partial charge in [-0.05, 0) is 37.1 Å². The van der Waals surface area contributed by atoms with E-state index in [0.29, 0.717) is 24.8 Å². The van der Waals surface area contributed by atoms with Gasteiger partial charge >= 0.3 is 0 Å². The number of nitrogens with zero attached hydrogens (tertiary/aromatic N) is 1. The summed E-state index contributed by atoms with van der Waals surface area (Å²) in [6.07, 6.45) is 8.96. The van der Waals surface area contributed by atoms with Crippen molar-refractivity contribution in [3.05, 3.63) is 66.7 Å². The summed E-state index contributed by atoms with van der Waals surface area (Å²) in [6, 6.07) is 18.4. The predicted molar refractivity (Wildman–Crippen MR) is 116 cm³/mol. The van der Waals surface area contributed by atoms with Crippen LogP contribution in [0.2, 0.25) is 0 Å². The Hall–Kier alpha value is -3.08. The van der Waals surface area contributed by atoms with E-state index in [1.165, 1.54) is 32.1 Å². The fraction of sp³-hybridized carbons (Fsp3) is 0.333. The number of carbonyl (C=O) groups excluding carboxylic acids is 1. The van der Waals surface area contributed by atoms with Gasteiger partial charge in [0.1, 0.15) is 0 Å². The summed E-state index contributed by atoms with van der Waals surface area (Å²) in [5.41, 5.74) is 2.90. The molecule has 0 spiro atoms. The first-order chi connectivity index (χ1) is 14.3. The molecule has 0 radical (unpaired) electrons. The molecule has 2 aromatic carbocycles. The second kappa shape index (κ2) is 9.41. The van der Waals surface area contributed by atoms with E-state index in [1.54, 1.807) is 6.20 Å². The maximum atomic E-state index is 12.3. The molecule has 1 heterocycles. The van der Waals surface area contributed by atoms with Gasteiger partial charge in [-0.15, -0.1) is 0 Å². The van der Waals surface area contributed by atoms with Crippen LogP contribution in [0.3, 0.4) is 0 Å². The van der Waals surface area contributed by atoms with Gasteiger partial charge in [-0.2, -0.15) is 0 Å². The SMILES string of the molecule is O=C(CCc1ncc(-c2ccccc2)o1)Nc1ccc(NC2CCCCC2)cc1. The summed E-state index contributed by atoms with van der Waals surface area (Å²) in [5, 5.41) is 6.54. The van der Waals surface area contributed by atoms with E-state index in [2.05, 4.69) is 15.6 Å². The van der Waals surface area contributed by atoms with Crippen LogP contribution in [0.1, 0.15) is 44.4 Å². The number of carbonyl (C=O) groups is 1. The van der Waals surface area contributed by atoms with Gasteiger partial charge in [-0.25, -0.2) is 4.98 Å². The number of aromatic nitrogens is 1. The molecule has 3 aromatic rings. The van der Waals surface area contributed by atoms with Crippen molar-refractivity contribution in [1.82, 2.24) is 4.98 Å². The van der Waals surface area contributed by atoms with E-state index in [9.17, 15) is 4.79 Å². The lowest BCUT2D eigenvalue weighted by Crippen LogP contribution is -2.22. The van der Waals surface area contributed by atoms with E-state index in [4.69, 9.17) is 4.42 Å². The number of oxazole rings is 1. The van der Waals surface area contributed by atoms with Crippen LogP contribution in [-0.4, -0.2) is 16.9 Å². The number of aryl methyl sites for hydroxylation is 1. The minimum absolute atomic E-state index is 0.0440. The molecule has 5 heteroatoms. The van der Waals surface area contributed by atoms with Crippen molar-refractivity contribution >= 4 is 17.3 Å². The van der Waals surface area contributed by atoms with Crippen LogP contribution in [0.25, 0.3) is 11.3 Å². The Labute approximate surface area is 171 Å². The van der Waals surface area contributed by atoms with E-state index in [-0.39, 0.29) is 5.91 Å². The number of nitrogens with one attached hydrogen (secondary N) is 2. The molecular formula is C24H27N3O2. The highest BCUT2D eigenvalue weighted by Gasteiger charge is 2.13. The molecule has 0 unspecified atom stereocenters. The minimum atomic E-state index is -0.0440. The molecule has 1 aliphatic carbocycles. The number of benzene rings is 2. The van der Waals surface area contributed by atoms with Gasteiger partial charge in [-0.3, -0.25) is 4.79 Å². The highest BCUT2D eigenvalue weighted by molar-refractivity contribution is 5.90. The van der Waals surface area contributed by atoms with Crippen LogP contribution in [-0.2, 0) is 11.2 Å². The highest BCUT2D eigenvalue weighted by atomic mass is 16.4. The maximum absolute atomic E-state index is 12.3. The van der Waals surface area contributed by atoms with Gasteiger partial charge in [0.2, 0.25) is 5.91 Å². The van der Waals surface area contributed by atoms with E-state index >= 15 is 0 Å². The lowest BCUT2D eigenvalue weighted by molar-refractivity contribution is -0.116. The smallest absolute Gasteiger partial charge is 0.224 e. The lowest BCUT2D eigenvalue weighted by atomic mass is 9.95. The topological polar surface area (TPSA) is 67.2 Å². The first-order valence-corrected chi connectivity index (χ1v) is 10.4. The first-order valence-electron chi connectivity index (χ1n) is 10.4. The van der Waals surface area contributed by atoms with Crippen molar-refractivity contribution < 1.29 is 9.21 Å². The standard InChI is InChI=1S/C24H27N3O2/c28-23(15-16-24-25-17-22(29-24)18-7-3-1-4-8-18)27-21-13-11-20(12-14-21)26-19-9-5-2-6-10-19/h1,3-4,7-8,11-14,17,19,26H,2,5-6,9-10,15-16H2,(H,27,28). The minimum Gasteiger partial charge on any atom is -0.441 e. The molecular weight excluding hydrogens is 362 g/mol. The second-order valence-electron chi connectivity index (χ2n) is 7.59. The summed E-state index contributed by atoms with van der Waals surface area (Å²) in [5.74, 6) is 1.26. The van der Waals surface area contributed by atoms with Crippen LogP contribution in [0.15, 0.2) is 65.2 Å². The van der Waals surface area contributed by atoms with Crippen LogP contribution in [0.5, 0.6) is 0 Å². The third kappa shape index (κ3) is 5.47. The Balaban J connectivity index is 1.25. The normalized spacial score (nSPS) is 14.5. The van der Waals surface area contributed by atoms with Gasteiger partial charge in [-0.1, -0.05) is 49.6 Å². The average molecular weight is 389 g/mol. The van der Waals surface area contributed by atoms with Gasteiger partial charge in [0.25, 0.3) is 0 Å². The molecule has 1 fully saturated rings. The zero-order valence-electron chi connectivity index (χ0n) is 16.6. The zero-order valence-corrected chi connectivity index (χ0v) is 16.6. The Morgan fingerprint density at radius 1 is 0.966 bits per heavy atom. The third-order valence-corrected chi connectivity index (χ3v) is 5.32. The quantitative estimate of drug-likeness (QED) is 0.547. The molecule has 150 valence electrons. The van der Waals surface area contributed by atoms with Crippen molar-refractivity contribution in [2.45, 2.75) is 51.0 Å². The van der Waals surface area contributed by atoms with Crippen LogP contribution < -0.4 is 10.6 Å². The molecule has 4 rings (SSSR count). The molecule has 0 atom stereocenters. The third-order valence-electron chi connectivity index (χ3n) is 5.32. The van der Waals surface area contributed by atoms with Crippen molar-refractivity contribution in [3.63, 3.8) is 0 Å². The number of anilines is 2. The van der Waals surface area contributed by atoms with Crippen LogP contribution >= 0.6 is 0 Å². The Morgan fingerprint density at radius 3 is 2.45 bits per heavy atom. The van der Waals surface area contributed by atoms with Crippen molar-refractivity contribution in [1.29, 1.82) is 0 Å². The molecule has 1 amide bonds. The molecule has 1 saturated carbocycles. The molecule has 5 nitrogen and oxygen atoms in total. The molecule has 1 aliphatic rings. The van der Waals surface area contributed by atoms with Gasteiger partial charge in [0.15, 0.2) is 11.7 Å². The number of hydrogen-bond donors (Lipinski definition) is 2. The Morgan fingerprint density at radius 2 is 1.69 bits per heavy atom. The van der Waals surface area contributed by atoms with E-state index in [0.717, 1.165) is 22.7 Å². The number of hydrogen-bond acceptors (Lipinski definition) is 4. The molecule has 29 heavy (non-hydrogen) atoms. The number of amides is 1. The Kier molecular flexibility index (Phi) is 6.25. The highest BCUT2D eigenvalue weighted by Crippen LogP contribution is 2.23. The van der Waals surface area contributed by atoms with Crippen molar-refractivity contribution in [2.75, 3.05) is 10.6 Å². The molecule has 2 N–H and O–H groups in total. The molecule has 0 aliphatic heterocycles. The van der Waals surface area contributed by atoms with Gasteiger partial charge in [0, 0.05) is 35.8 Å². The zero-order chi connectivity index (χ0) is 19.9. The summed E-state index contributed by atoms with van der Waals surface area (Å²) in [4.78, 5) is 16.6. The molecule has 1 aromatic heterocycles. The van der Waals surface area contributed by atoms with E-state index in [1.807, 2.05) is 54.6 Å². The van der Waals surface area contributed by atoms with Gasteiger partial charge in [0.05, 0.1) is 6.20 Å². The maximum Gasteiger partial charge on any atom is 0.224 e. The lowest BCUT2D eigenvalue weighted by Gasteiger charge is -2.23. The van der Waals surface area contributed by atoms with Crippen LogP contribution in [0, 0.1) is 0 Å². The first kappa shape index (κ1) is 19.2. The van der Waals surface area contributed by atoms with Gasteiger partial charge < -0.3 is 15.1 Å². The second-order valence-corrected chi connectivity index (χ2v) is 7.59. The summed E-state index contributed by atoms with van der Waals surface area (Å²) in [7, 11) is 0. The van der Waals surface area contributed by atoms with Crippen LogP contribution in [0.4, 0.5) is 11.4 Å². The van der Waals surface area contributed by atoms with E-state index < -0.39 is 0 Å². The van der Waals surface area contributed by atoms with Crippen molar-refractivity contribution in [2.24, 2.45) is 0 Å². The average Bonchev–Trinajstić information content (AvgIpc) is 3.24. The summed E-state index contributed by atoms with van der Waals surface area (Å²) in [6.45, 7) is 0. The fourth-order valence-corrected chi connectivity index (χ4v) is 3.74. The summed E-state index contributed by atoms with van der Waals surface area (Å²) < 4.78 is 5.76. The predicted octanol–water partition coefficient (Wildman–Crippen LogP) is 5.66. The molecule has 0 bridgehead atoms. The number of rotatable bonds is 7. The largest absolute Gasteiger partial charge is 0.441 e. The molecule has 0 saturated heterocycles. The Bertz CT molecular complexity index is 913.